The number of benzene rings is 2. The van der Waals surface area contributed by atoms with E-state index in [4.69, 9.17) is 11.6 Å². The fourth-order valence-electron chi connectivity index (χ4n) is 4.18. The van der Waals surface area contributed by atoms with Crippen LogP contribution in [0.5, 0.6) is 5.75 Å². The molecule has 0 unspecified atom stereocenters. The summed E-state index contributed by atoms with van der Waals surface area (Å²) < 4.78 is 0. The van der Waals surface area contributed by atoms with Crippen molar-refractivity contribution < 1.29 is 9.90 Å². The Balaban J connectivity index is 0.000000376. The lowest BCUT2D eigenvalue weighted by molar-refractivity contribution is -0.118. The Labute approximate surface area is 166 Å². The lowest BCUT2D eigenvalue weighted by atomic mass is 9.74. The van der Waals surface area contributed by atoms with Gasteiger partial charge in [-0.05, 0) is 60.7 Å². The number of amides is 1. The van der Waals surface area contributed by atoms with Gasteiger partial charge < -0.3 is 15.3 Å². The predicted octanol–water partition coefficient (Wildman–Crippen LogP) is 3.73. The molecule has 0 radical (unpaired) electrons. The summed E-state index contributed by atoms with van der Waals surface area (Å²) in [5.74, 6) is 0.535. The van der Waals surface area contributed by atoms with Crippen LogP contribution in [0.3, 0.4) is 0 Å². The number of nitrogens with zero attached hydrogens (tertiary/aromatic N) is 1. The third-order valence-electron chi connectivity index (χ3n) is 5.68. The smallest absolute Gasteiger partial charge is 0.216 e. The average Bonchev–Trinajstić information content (AvgIpc) is 2.80. The highest BCUT2D eigenvalue weighted by Crippen LogP contribution is 2.44. The van der Waals surface area contributed by atoms with Crippen LogP contribution >= 0.6 is 11.6 Å². The summed E-state index contributed by atoms with van der Waals surface area (Å²) in [6.07, 6.45) is 3.29. The molecule has 1 aliphatic heterocycles. The molecule has 1 amide bonds. The van der Waals surface area contributed by atoms with E-state index in [0.717, 1.165) is 19.4 Å². The number of phenolic OH excluding ortho intramolecular Hbond substituents is 1. The van der Waals surface area contributed by atoms with Crippen molar-refractivity contribution in [3.8, 4) is 5.75 Å². The van der Waals surface area contributed by atoms with E-state index in [1.807, 2.05) is 12.1 Å². The van der Waals surface area contributed by atoms with Crippen LogP contribution in [0.1, 0.15) is 41.5 Å². The van der Waals surface area contributed by atoms with Gasteiger partial charge in [0.1, 0.15) is 5.75 Å². The van der Waals surface area contributed by atoms with Gasteiger partial charge >= 0.3 is 0 Å². The molecule has 0 saturated carbocycles. The zero-order chi connectivity index (χ0) is 19.6. The van der Waals surface area contributed by atoms with E-state index >= 15 is 0 Å². The van der Waals surface area contributed by atoms with Crippen molar-refractivity contribution in [1.29, 1.82) is 0 Å². The molecule has 4 rings (SSSR count). The summed E-state index contributed by atoms with van der Waals surface area (Å²) in [5.41, 5.74) is 5.39. The number of carbonyl (C=O) groups is 1. The first-order valence-corrected chi connectivity index (χ1v) is 9.77. The van der Waals surface area contributed by atoms with Crippen molar-refractivity contribution >= 4 is 17.5 Å². The molecule has 0 aromatic heterocycles. The second-order valence-electron chi connectivity index (χ2n) is 7.32. The van der Waals surface area contributed by atoms with Gasteiger partial charge in [0.05, 0.1) is 5.02 Å². The molecule has 1 heterocycles. The van der Waals surface area contributed by atoms with Gasteiger partial charge in [0, 0.05) is 32.5 Å². The van der Waals surface area contributed by atoms with Crippen LogP contribution in [-0.4, -0.2) is 42.6 Å². The van der Waals surface area contributed by atoms with Crippen molar-refractivity contribution in [2.24, 2.45) is 0 Å². The quantitative estimate of drug-likeness (QED) is 0.725. The molecular formula is C22H27ClN2O2. The molecule has 0 bridgehead atoms. The fourth-order valence-corrected chi connectivity index (χ4v) is 4.37. The molecule has 2 atom stereocenters. The molecule has 2 aromatic rings. The van der Waals surface area contributed by atoms with Gasteiger partial charge in [-0.1, -0.05) is 35.9 Å². The number of carbonyl (C=O) groups excluding carboxylic acids is 1. The number of likely N-dealkylation sites (N-methyl/N-ethyl adjacent to an activating group) is 1. The van der Waals surface area contributed by atoms with Crippen LogP contribution in [0.2, 0.25) is 5.02 Å². The van der Waals surface area contributed by atoms with Crippen molar-refractivity contribution in [2.75, 3.05) is 20.6 Å². The summed E-state index contributed by atoms with van der Waals surface area (Å²) in [7, 11) is 3.82. The van der Waals surface area contributed by atoms with E-state index in [1.54, 1.807) is 7.05 Å². The van der Waals surface area contributed by atoms with Crippen LogP contribution in [0.15, 0.2) is 36.4 Å². The minimum atomic E-state index is 0.00463. The van der Waals surface area contributed by atoms with Crippen molar-refractivity contribution in [3.05, 3.63) is 63.7 Å². The van der Waals surface area contributed by atoms with Crippen molar-refractivity contribution in [2.45, 2.75) is 38.1 Å². The molecule has 2 aliphatic rings. The number of hydrogen-bond donors (Lipinski definition) is 2. The number of hydrogen-bond acceptors (Lipinski definition) is 3. The third kappa shape index (κ3) is 4.12. The number of phenols is 1. The Morgan fingerprint density at radius 3 is 2.59 bits per heavy atom. The predicted molar refractivity (Wildman–Crippen MR) is 110 cm³/mol. The maximum absolute atomic E-state index is 10.1. The summed E-state index contributed by atoms with van der Waals surface area (Å²) in [6.45, 7) is 2.51. The van der Waals surface area contributed by atoms with Crippen LogP contribution < -0.4 is 5.32 Å². The van der Waals surface area contributed by atoms with Gasteiger partial charge in [-0.25, -0.2) is 0 Å². The molecule has 0 saturated heterocycles. The number of aryl methyl sites for hydroxylation is 1. The summed E-state index contributed by atoms with van der Waals surface area (Å²) in [5, 5.41) is 13.0. The van der Waals surface area contributed by atoms with Gasteiger partial charge in [-0.3, -0.25) is 4.79 Å². The third-order valence-corrected chi connectivity index (χ3v) is 5.98. The second kappa shape index (κ2) is 8.32. The van der Waals surface area contributed by atoms with E-state index in [0.29, 0.717) is 17.0 Å². The van der Waals surface area contributed by atoms with Crippen LogP contribution in [-0.2, 0) is 17.6 Å². The Morgan fingerprint density at radius 1 is 1.19 bits per heavy atom. The minimum absolute atomic E-state index is 0.00463. The van der Waals surface area contributed by atoms with Gasteiger partial charge in [0.2, 0.25) is 5.91 Å². The molecule has 2 N–H and O–H groups in total. The lowest BCUT2D eigenvalue weighted by Gasteiger charge is -2.38. The first-order valence-electron chi connectivity index (χ1n) is 9.40. The summed E-state index contributed by atoms with van der Waals surface area (Å²) >= 11 is 6.15. The highest BCUT2D eigenvalue weighted by molar-refractivity contribution is 6.32. The van der Waals surface area contributed by atoms with Crippen molar-refractivity contribution in [3.63, 3.8) is 0 Å². The van der Waals surface area contributed by atoms with Crippen LogP contribution in [0.25, 0.3) is 0 Å². The molecule has 0 fully saturated rings. The monoisotopic (exact) mass is 386 g/mol. The second-order valence-corrected chi connectivity index (χ2v) is 7.73. The largest absolute Gasteiger partial charge is 0.506 e. The number of fused-ring (bicyclic) bond motifs is 5. The number of aromatic hydroxyl groups is 1. The van der Waals surface area contributed by atoms with Crippen molar-refractivity contribution in [1.82, 2.24) is 10.2 Å². The SMILES string of the molecule is CN1CCc2cc(Cl)c(O)cc2[C@H]2c3ccccc3CC[C@@H]21.CNC(C)=O. The maximum atomic E-state index is 10.1. The standard InChI is InChI=1S/C19H20ClNO.C3H7NO/c1-21-9-8-13-10-16(20)18(22)11-15(13)19-14-5-3-2-4-12(14)6-7-17(19)21;1-3(5)4-2/h2-5,10-11,17,19,22H,6-9H2,1H3;1-2H3,(H,4,5)/t17-,19+;/m0./s1. The summed E-state index contributed by atoms with van der Waals surface area (Å²) in [4.78, 5) is 12.2. The van der Waals surface area contributed by atoms with E-state index < -0.39 is 0 Å². The first kappa shape index (κ1) is 19.7. The van der Waals surface area contributed by atoms with E-state index in [-0.39, 0.29) is 11.7 Å². The fraction of sp³-hybridized carbons (Fsp3) is 0.409. The van der Waals surface area contributed by atoms with E-state index in [9.17, 15) is 9.90 Å². The van der Waals surface area contributed by atoms with E-state index in [1.165, 1.54) is 35.6 Å². The Hall–Kier alpha value is -2.04. The molecular weight excluding hydrogens is 360 g/mol. The van der Waals surface area contributed by atoms with Gasteiger partial charge in [0.25, 0.3) is 0 Å². The molecule has 27 heavy (non-hydrogen) atoms. The first-order chi connectivity index (χ1) is 12.9. The highest BCUT2D eigenvalue weighted by atomic mass is 35.5. The lowest BCUT2D eigenvalue weighted by Crippen LogP contribution is -2.39. The maximum Gasteiger partial charge on any atom is 0.216 e. The Bertz CT molecular complexity index is 837. The van der Waals surface area contributed by atoms with Gasteiger partial charge in [0.15, 0.2) is 0 Å². The van der Waals surface area contributed by atoms with E-state index in [2.05, 4.69) is 41.5 Å². The Kier molecular flexibility index (Phi) is 6.08. The number of rotatable bonds is 0. The molecule has 2 aromatic carbocycles. The average molecular weight is 387 g/mol. The normalized spacial score (nSPS) is 20.9. The number of halogens is 1. The van der Waals surface area contributed by atoms with Gasteiger partial charge in [-0.2, -0.15) is 0 Å². The summed E-state index contributed by atoms with van der Waals surface area (Å²) in [6, 6.07) is 13.1. The highest BCUT2D eigenvalue weighted by Gasteiger charge is 2.36. The van der Waals surface area contributed by atoms with Crippen LogP contribution in [0.4, 0.5) is 0 Å². The molecule has 0 spiro atoms. The molecule has 1 aliphatic carbocycles. The zero-order valence-corrected chi connectivity index (χ0v) is 16.9. The molecule has 144 valence electrons. The van der Waals surface area contributed by atoms with Crippen LogP contribution in [0, 0.1) is 0 Å². The number of nitrogens with one attached hydrogen (secondary N) is 1. The zero-order valence-electron chi connectivity index (χ0n) is 16.1. The molecule has 4 nitrogen and oxygen atoms in total. The molecule has 5 heteroatoms. The minimum Gasteiger partial charge on any atom is -0.506 e. The Morgan fingerprint density at radius 2 is 1.89 bits per heavy atom. The van der Waals surface area contributed by atoms with Gasteiger partial charge in [-0.15, -0.1) is 0 Å². The topological polar surface area (TPSA) is 52.6 Å².